The molecule has 0 saturated carbocycles. The van der Waals surface area contributed by atoms with E-state index in [0.29, 0.717) is 40.6 Å². The van der Waals surface area contributed by atoms with Crippen LogP contribution >= 0.6 is 23.2 Å². The first-order valence-electron chi connectivity index (χ1n) is 5.95. The van der Waals surface area contributed by atoms with Crippen LogP contribution in [0.1, 0.15) is 20.3 Å². The first-order chi connectivity index (χ1) is 8.50. The van der Waals surface area contributed by atoms with Crippen LogP contribution in [0, 0.1) is 5.92 Å². The molecule has 0 atom stereocenters. The summed E-state index contributed by atoms with van der Waals surface area (Å²) in [7, 11) is 0. The lowest BCUT2D eigenvalue weighted by Gasteiger charge is -2.11. The van der Waals surface area contributed by atoms with Crippen molar-refractivity contribution in [2.24, 2.45) is 5.92 Å². The third-order valence-electron chi connectivity index (χ3n) is 2.33. The van der Waals surface area contributed by atoms with Gasteiger partial charge in [-0.05, 0) is 24.5 Å². The predicted molar refractivity (Wildman–Crippen MR) is 76.6 cm³/mol. The molecular formula is C13H19Cl2NO2. The van der Waals surface area contributed by atoms with Gasteiger partial charge in [0.15, 0.2) is 5.75 Å². The number of hydrogen-bond acceptors (Lipinski definition) is 3. The summed E-state index contributed by atoms with van der Waals surface area (Å²) in [6.07, 6.45) is 1.05. The maximum Gasteiger partial charge on any atom is 0.156 e. The molecular weight excluding hydrogens is 273 g/mol. The molecule has 0 radical (unpaired) electrons. The molecule has 0 saturated heterocycles. The van der Waals surface area contributed by atoms with Crippen LogP contribution in [0.4, 0.5) is 5.69 Å². The van der Waals surface area contributed by atoms with Crippen molar-refractivity contribution in [2.75, 3.05) is 25.6 Å². The minimum Gasteiger partial charge on any atom is -0.488 e. The van der Waals surface area contributed by atoms with Crippen LogP contribution in [0.15, 0.2) is 12.1 Å². The molecule has 18 heavy (non-hydrogen) atoms. The van der Waals surface area contributed by atoms with Gasteiger partial charge in [0.25, 0.3) is 0 Å². The standard InChI is InChI=1S/C13H19Cl2NO2/c1-9(2)3-4-17-5-6-18-13-11(14)7-10(16)8-12(13)15/h7-9H,3-6,16H2,1-2H3. The predicted octanol–water partition coefficient (Wildman–Crippen LogP) is 4.02. The van der Waals surface area contributed by atoms with Crippen molar-refractivity contribution in [3.05, 3.63) is 22.2 Å². The Morgan fingerprint density at radius 3 is 2.28 bits per heavy atom. The molecule has 0 aliphatic carbocycles. The number of ether oxygens (including phenoxy) is 2. The summed E-state index contributed by atoms with van der Waals surface area (Å²) in [4.78, 5) is 0. The second-order valence-electron chi connectivity index (χ2n) is 4.46. The maximum absolute atomic E-state index is 5.99. The number of anilines is 1. The highest BCUT2D eigenvalue weighted by Crippen LogP contribution is 2.34. The molecule has 0 aliphatic rings. The van der Waals surface area contributed by atoms with Gasteiger partial charge < -0.3 is 15.2 Å². The molecule has 0 heterocycles. The first kappa shape index (κ1) is 15.4. The van der Waals surface area contributed by atoms with E-state index in [-0.39, 0.29) is 0 Å². The minimum atomic E-state index is 0.418. The van der Waals surface area contributed by atoms with Crippen LogP contribution in [0.3, 0.4) is 0 Å². The van der Waals surface area contributed by atoms with E-state index in [1.165, 1.54) is 0 Å². The minimum absolute atomic E-state index is 0.418. The van der Waals surface area contributed by atoms with Gasteiger partial charge in [0, 0.05) is 12.3 Å². The van der Waals surface area contributed by atoms with Gasteiger partial charge in [-0.15, -0.1) is 0 Å². The van der Waals surface area contributed by atoms with Gasteiger partial charge in [-0.25, -0.2) is 0 Å². The molecule has 1 aromatic rings. The molecule has 0 aromatic heterocycles. The summed E-state index contributed by atoms with van der Waals surface area (Å²) >= 11 is 12.0. The van der Waals surface area contributed by atoms with Gasteiger partial charge in [-0.2, -0.15) is 0 Å². The monoisotopic (exact) mass is 291 g/mol. The summed E-state index contributed by atoms with van der Waals surface area (Å²) in [5.41, 5.74) is 6.12. The van der Waals surface area contributed by atoms with E-state index in [9.17, 15) is 0 Å². The van der Waals surface area contributed by atoms with Crippen LogP contribution in [0.25, 0.3) is 0 Å². The van der Waals surface area contributed by atoms with Crippen molar-refractivity contribution in [1.29, 1.82) is 0 Å². The Morgan fingerprint density at radius 1 is 1.11 bits per heavy atom. The molecule has 1 rings (SSSR count). The van der Waals surface area contributed by atoms with E-state index >= 15 is 0 Å². The van der Waals surface area contributed by atoms with Crippen LogP contribution in [-0.4, -0.2) is 19.8 Å². The first-order valence-corrected chi connectivity index (χ1v) is 6.71. The molecule has 1 aromatic carbocycles. The topological polar surface area (TPSA) is 44.5 Å². The van der Waals surface area contributed by atoms with Crippen molar-refractivity contribution in [1.82, 2.24) is 0 Å². The van der Waals surface area contributed by atoms with Gasteiger partial charge in [-0.1, -0.05) is 37.0 Å². The molecule has 0 fully saturated rings. The number of benzene rings is 1. The number of hydrogen-bond donors (Lipinski definition) is 1. The Hall–Kier alpha value is -0.640. The maximum atomic E-state index is 5.99. The lowest BCUT2D eigenvalue weighted by atomic mass is 10.1. The molecule has 102 valence electrons. The summed E-state index contributed by atoms with van der Waals surface area (Å²) < 4.78 is 10.9. The third-order valence-corrected chi connectivity index (χ3v) is 2.90. The lowest BCUT2D eigenvalue weighted by molar-refractivity contribution is 0.0926. The van der Waals surface area contributed by atoms with E-state index in [4.69, 9.17) is 38.4 Å². The number of nitrogens with two attached hydrogens (primary N) is 1. The SMILES string of the molecule is CC(C)CCOCCOc1c(Cl)cc(N)cc1Cl. The average molecular weight is 292 g/mol. The fourth-order valence-electron chi connectivity index (χ4n) is 1.34. The van der Waals surface area contributed by atoms with Gasteiger partial charge in [0.05, 0.1) is 16.7 Å². The van der Waals surface area contributed by atoms with Crippen molar-refractivity contribution in [2.45, 2.75) is 20.3 Å². The van der Waals surface area contributed by atoms with Crippen LogP contribution in [-0.2, 0) is 4.74 Å². The van der Waals surface area contributed by atoms with Gasteiger partial charge >= 0.3 is 0 Å². The molecule has 0 amide bonds. The summed E-state index contributed by atoms with van der Waals surface area (Å²) in [5, 5.41) is 0.837. The lowest BCUT2D eigenvalue weighted by Crippen LogP contribution is -2.09. The van der Waals surface area contributed by atoms with Crippen molar-refractivity contribution in [3.8, 4) is 5.75 Å². The molecule has 0 spiro atoms. The van der Waals surface area contributed by atoms with Gasteiger partial charge in [0.2, 0.25) is 0 Å². The van der Waals surface area contributed by atoms with E-state index in [0.717, 1.165) is 13.0 Å². The third kappa shape index (κ3) is 5.34. The van der Waals surface area contributed by atoms with E-state index in [1.807, 2.05) is 0 Å². The zero-order valence-corrected chi connectivity index (χ0v) is 12.2. The van der Waals surface area contributed by atoms with E-state index in [1.54, 1.807) is 12.1 Å². The fourth-order valence-corrected chi connectivity index (χ4v) is 1.95. The Labute approximate surface area is 118 Å². The highest BCUT2D eigenvalue weighted by atomic mass is 35.5. The smallest absolute Gasteiger partial charge is 0.156 e. The zero-order valence-electron chi connectivity index (χ0n) is 10.7. The van der Waals surface area contributed by atoms with Crippen LogP contribution < -0.4 is 10.5 Å². The Balaban J connectivity index is 2.31. The van der Waals surface area contributed by atoms with Crippen molar-refractivity contribution in [3.63, 3.8) is 0 Å². The number of nitrogen functional groups attached to an aromatic ring is 1. The highest BCUT2D eigenvalue weighted by molar-refractivity contribution is 6.37. The van der Waals surface area contributed by atoms with Crippen molar-refractivity contribution >= 4 is 28.9 Å². The van der Waals surface area contributed by atoms with Crippen LogP contribution in [0.2, 0.25) is 10.0 Å². The molecule has 5 heteroatoms. The Bertz CT molecular complexity index is 360. The zero-order chi connectivity index (χ0) is 13.5. The molecule has 2 N–H and O–H groups in total. The van der Waals surface area contributed by atoms with Crippen molar-refractivity contribution < 1.29 is 9.47 Å². The summed E-state index contributed by atoms with van der Waals surface area (Å²) in [5.74, 6) is 1.10. The van der Waals surface area contributed by atoms with E-state index in [2.05, 4.69) is 13.8 Å². The Morgan fingerprint density at radius 2 is 1.72 bits per heavy atom. The molecule has 0 bridgehead atoms. The second kappa shape index (κ2) is 7.72. The second-order valence-corrected chi connectivity index (χ2v) is 5.27. The number of rotatable bonds is 7. The average Bonchev–Trinajstić information content (AvgIpc) is 2.25. The summed E-state index contributed by atoms with van der Waals surface area (Å²) in [6.45, 7) is 6.00. The normalized spacial score (nSPS) is 10.9. The number of halogens is 2. The fraction of sp³-hybridized carbons (Fsp3) is 0.538. The molecule has 3 nitrogen and oxygen atoms in total. The van der Waals surface area contributed by atoms with Gasteiger partial charge in [-0.3, -0.25) is 0 Å². The highest BCUT2D eigenvalue weighted by Gasteiger charge is 2.08. The Kier molecular flexibility index (Phi) is 6.61. The molecule has 0 aliphatic heterocycles. The van der Waals surface area contributed by atoms with E-state index < -0.39 is 0 Å². The quantitative estimate of drug-likeness (QED) is 0.610. The summed E-state index contributed by atoms with van der Waals surface area (Å²) in [6, 6.07) is 3.23. The largest absolute Gasteiger partial charge is 0.488 e. The molecule has 0 unspecified atom stereocenters. The van der Waals surface area contributed by atoms with Gasteiger partial charge in [0.1, 0.15) is 6.61 Å². The van der Waals surface area contributed by atoms with Crippen LogP contribution in [0.5, 0.6) is 5.75 Å².